The number of anilines is 2. The molecule has 5 rings (SSSR count). The molecule has 11 nitrogen and oxygen atoms in total. The number of carbonyl (C=O) groups excluding carboxylic acids is 1. The maximum Gasteiger partial charge on any atom is 0.416 e. The summed E-state index contributed by atoms with van der Waals surface area (Å²) in [5.74, 6) is -1.18. The molecule has 0 spiro atoms. The lowest BCUT2D eigenvalue weighted by atomic mass is 10.0. The highest BCUT2D eigenvalue weighted by atomic mass is 19.4. The van der Waals surface area contributed by atoms with Crippen molar-refractivity contribution in [1.29, 1.82) is 0 Å². The Morgan fingerprint density at radius 2 is 1.95 bits per heavy atom. The number of amides is 1. The molecule has 14 heteroatoms. The summed E-state index contributed by atoms with van der Waals surface area (Å²) < 4.78 is 47.3. The average Bonchev–Trinajstić information content (AvgIpc) is 3.61. The molecule has 1 aliphatic heterocycles. The fourth-order valence-corrected chi connectivity index (χ4v) is 5.64. The summed E-state index contributed by atoms with van der Waals surface area (Å²) in [5.41, 5.74) is 0.417. The third kappa shape index (κ3) is 6.53. The lowest BCUT2D eigenvalue weighted by molar-refractivity contribution is -0.212. The molecule has 4 atom stereocenters. The molecule has 3 aromatic heterocycles. The van der Waals surface area contributed by atoms with Gasteiger partial charge in [-0.3, -0.25) is 4.79 Å². The molecule has 3 N–H and O–H groups in total. The number of alkyl halides is 3. The molecule has 222 valence electrons. The topological polar surface area (TPSA) is 130 Å². The van der Waals surface area contributed by atoms with Gasteiger partial charge in [-0.2, -0.15) is 13.2 Å². The lowest BCUT2D eigenvalue weighted by Gasteiger charge is -2.27. The molecule has 3 unspecified atom stereocenters. The fourth-order valence-electron chi connectivity index (χ4n) is 5.64. The van der Waals surface area contributed by atoms with Crippen LogP contribution in [0, 0.1) is 5.92 Å². The molecule has 1 amide bonds. The van der Waals surface area contributed by atoms with Crippen LogP contribution in [-0.2, 0) is 15.7 Å². The Kier molecular flexibility index (Phi) is 7.81. The van der Waals surface area contributed by atoms with Gasteiger partial charge < -0.3 is 29.9 Å². The van der Waals surface area contributed by atoms with Crippen LogP contribution >= 0.6 is 0 Å². The number of fused-ring (bicyclic) bond motifs is 1. The normalized spacial score (nSPS) is 23.5. The van der Waals surface area contributed by atoms with Gasteiger partial charge in [0.25, 0.3) is 0 Å². The molecular formula is C27H35F3N8O3. The van der Waals surface area contributed by atoms with Crippen molar-refractivity contribution in [2.75, 3.05) is 23.3 Å². The molecule has 1 saturated carbocycles. The van der Waals surface area contributed by atoms with E-state index in [4.69, 9.17) is 4.74 Å². The van der Waals surface area contributed by atoms with Crippen LogP contribution in [0.1, 0.15) is 58.6 Å². The Bertz CT molecular complexity index is 1390. The Morgan fingerprint density at radius 1 is 1.17 bits per heavy atom. The first-order valence-electron chi connectivity index (χ1n) is 13.7. The van der Waals surface area contributed by atoms with Crippen molar-refractivity contribution in [2.24, 2.45) is 5.92 Å². The number of ether oxygens (including phenoxy) is 1. The standard InChI is InChI=1S/C27H35F3N8O3/c1-15(2)35-25(39)19-10-18(11-20(19)41-26(3,4)40)38-14-34-22-23(32-13-33-24(22)38)36-17-6-8-37(12-17)21-9-16(5-7-31-21)27(28,29)30/h5,7,9,13-15,17-20,40H,6,8,10-12H2,1-4H3,(H,35,39)(H,32,33,36)/t17?,18?,19?,20-/m0/s1. The monoisotopic (exact) mass is 576 g/mol. The predicted octanol–water partition coefficient (Wildman–Crippen LogP) is 3.52. The molecule has 3 aromatic rings. The highest BCUT2D eigenvalue weighted by molar-refractivity contribution is 5.83. The second kappa shape index (κ2) is 11.0. The lowest BCUT2D eigenvalue weighted by Crippen LogP contribution is -2.42. The number of carbonyl (C=O) groups is 1. The first-order valence-corrected chi connectivity index (χ1v) is 13.7. The van der Waals surface area contributed by atoms with Gasteiger partial charge >= 0.3 is 6.18 Å². The Morgan fingerprint density at radius 3 is 2.66 bits per heavy atom. The van der Waals surface area contributed by atoms with E-state index >= 15 is 0 Å². The quantitative estimate of drug-likeness (QED) is 0.345. The van der Waals surface area contributed by atoms with Crippen molar-refractivity contribution in [3.63, 3.8) is 0 Å². The van der Waals surface area contributed by atoms with Gasteiger partial charge in [-0.1, -0.05) is 0 Å². The van der Waals surface area contributed by atoms with Crippen LogP contribution in [-0.4, -0.2) is 72.6 Å². The summed E-state index contributed by atoms with van der Waals surface area (Å²) in [6, 6.07) is 1.77. The number of halogens is 3. The minimum atomic E-state index is -4.43. The average molecular weight is 577 g/mol. The van der Waals surface area contributed by atoms with E-state index in [1.165, 1.54) is 12.5 Å². The van der Waals surface area contributed by atoms with Crippen molar-refractivity contribution in [2.45, 2.75) is 83.2 Å². The fraction of sp³-hybridized carbons (Fsp3) is 0.593. The van der Waals surface area contributed by atoms with E-state index in [0.717, 1.165) is 12.1 Å². The number of pyridine rings is 1. The third-order valence-electron chi connectivity index (χ3n) is 7.36. The number of hydrogen-bond donors (Lipinski definition) is 3. The van der Waals surface area contributed by atoms with Gasteiger partial charge in [-0.15, -0.1) is 0 Å². The number of aliphatic hydroxyl groups is 1. The van der Waals surface area contributed by atoms with Crippen LogP contribution in [0.4, 0.5) is 24.8 Å². The van der Waals surface area contributed by atoms with Crippen molar-refractivity contribution < 1.29 is 27.8 Å². The van der Waals surface area contributed by atoms with Crippen LogP contribution in [0.3, 0.4) is 0 Å². The van der Waals surface area contributed by atoms with Crippen LogP contribution in [0.25, 0.3) is 11.2 Å². The molecular weight excluding hydrogens is 541 g/mol. The first kappa shape index (κ1) is 29.0. The van der Waals surface area contributed by atoms with E-state index in [-0.39, 0.29) is 29.9 Å². The minimum absolute atomic E-state index is 0.0318. The van der Waals surface area contributed by atoms with E-state index in [0.29, 0.717) is 49.3 Å². The molecule has 41 heavy (non-hydrogen) atoms. The van der Waals surface area contributed by atoms with Crippen molar-refractivity contribution in [3.05, 3.63) is 36.5 Å². The maximum absolute atomic E-state index is 13.2. The summed E-state index contributed by atoms with van der Waals surface area (Å²) in [5, 5.41) is 16.6. The van der Waals surface area contributed by atoms with Crippen LogP contribution in [0.2, 0.25) is 0 Å². The van der Waals surface area contributed by atoms with Gasteiger partial charge in [0.2, 0.25) is 5.91 Å². The first-order chi connectivity index (χ1) is 19.3. The summed E-state index contributed by atoms with van der Waals surface area (Å²) >= 11 is 0. The minimum Gasteiger partial charge on any atom is -0.366 e. The number of aromatic nitrogens is 5. The molecule has 2 fully saturated rings. The molecule has 0 radical (unpaired) electrons. The molecule has 4 heterocycles. The molecule has 2 aliphatic rings. The van der Waals surface area contributed by atoms with E-state index in [9.17, 15) is 23.1 Å². The SMILES string of the molecule is CC(C)NC(=O)C1CC(n2cnc3c(NC4CCN(c5cc(C(F)(F)F)ccn5)C4)ncnc32)C[C@@H]1OC(C)(C)O. The van der Waals surface area contributed by atoms with Crippen LogP contribution < -0.4 is 15.5 Å². The van der Waals surface area contributed by atoms with Crippen LogP contribution in [0.5, 0.6) is 0 Å². The van der Waals surface area contributed by atoms with Crippen molar-refractivity contribution in [1.82, 2.24) is 29.8 Å². The molecule has 1 aliphatic carbocycles. The zero-order valence-electron chi connectivity index (χ0n) is 23.4. The number of hydrogen-bond acceptors (Lipinski definition) is 9. The Hall–Kier alpha value is -3.52. The summed E-state index contributed by atoms with van der Waals surface area (Å²) in [7, 11) is 0. The van der Waals surface area contributed by atoms with Gasteiger partial charge in [0, 0.05) is 37.4 Å². The van der Waals surface area contributed by atoms with E-state index in [1.54, 1.807) is 20.2 Å². The van der Waals surface area contributed by atoms with Gasteiger partial charge in [0.1, 0.15) is 17.7 Å². The highest BCUT2D eigenvalue weighted by Crippen LogP contribution is 2.40. The van der Waals surface area contributed by atoms with Crippen molar-refractivity contribution >= 4 is 28.7 Å². The molecule has 0 aromatic carbocycles. The number of imidazole rings is 1. The predicted molar refractivity (Wildman–Crippen MR) is 145 cm³/mol. The second-order valence-electron chi connectivity index (χ2n) is 11.5. The largest absolute Gasteiger partial charge is 0.416 e. The maximum atomic E-state index is 13.2. The number of nitrogens with one attached hydrogen (secondary N) is 2. The van der Waals surface area contributed by atoms with Gasteiger partial charge in [-0.05, 0) is 59.1 Å². The highest BCUT2D eigenvalue weighted by Gasteiger charge is 2.43. The Labute approximate surface area is 235 Å². The van der Waals surface area contributed by atoms with Gasteiger partial charge in [0.15, 0.2) is 17.3 Å². The third-order valence-corrected chi connectivity index (χ3v) is 7.36. The zero-order valence-corrected chi connectivity index (χ0v) is 23.4. The van der Waals surface area contributed by atoms with E-state index < -0.39 is 29.5 Å². The van der Waals surface area contributed by atoms with E-state index in [1.807, 2.05) is 23.3 Å². The zero-order chi connectivity index (χ0) is 29.5. The smallest absolute Gasteiger partial charge is 0.366 e. The Balaban J connectivity index is 1.32. The van der Waals surface area contributed by atoms with Gasteiger partial charge in [0.05, 0.1) is 23.9 Å². The number of rotatable bonds is 8. The number of nitrogens with zero attached hydrogens (tertiary/aromatic N) is 6. The second-order valence-corrected chi connectivity index (χ2v) is 11.5. The molecule has 0 bridgehead atoms. The van der Waals surface area contributed by atoms with Crippen molar-refractivity contribution in [3.8, 4) is 0 Å². The van der Waals surface area contributed by atoms with Gasteiger partial charge in [-0.25, -0.2) is 19.9 Å². The summed E-state index contributed by atoms with van der Waals surface area (Å²) in [6.45, 7) is 7.87. The van der Waals surface area contributed by atoms with E-state index in [2.05, 4.69) is 30.6 Å². The molecule has 1 saturated heterocycles. The summed E-state index contributed by atoms with van der Waals surface area (Å²) in [6.07, 6.45) is 1.01. The summed E-state index contributed by atoms with van der Waals surface area (Å²) in [4.78, 5) is 32.4. The van der Waals surface area contributed by atoms with Crippen LogP contribution in [0.15, 0.2) is 31.0 Å².